The molecule has 0 fully saturated rings. The Morgan fingerprint density at radius 2 is 1.68 bits per heavy atom. The molecule has 0 spiro atoms. The van der Waals surface area contributed by atoms with E-state index in [2.05, 4.69) is 4.98 Å². The summed E-state index contributed by atoms with van der Waals surface area (Å²) in [6.07, 6.45) is 2.97. The summed E-state index contributed by atoms with van der Waals surface area (Å²) in [5, 5.41) is 18.8. The van der Waals surface area contributed by atoms with Gasteiger partial charge < -0.3 is 10.8 Å². The summed E-state index contributed by atoms with van der Waals surface area (Å²) < 4.78 is 27.9. The van der Waals surface area contributed by atoms with Crippen molar-refractivity contribution in [2.75, 3.05) is 0 Å². The normalized spacial score (nSPS) is 14.4. The Labute approximate surface area is 236 Å². The maximum absolute atomic E-state index is 13.9. The van der Waals surface area contributed by atoms with E-state index in [-0.39, 0.29) is 40.9 Å². The minimum Gasteiger partial charge on any atom is -0.479 e. The monoisotopic (exact) mass is 569 g/mol. The fourth-order valence-corrected chi connectivity index (χ4v) is 6.87. The number of rotatable bonds is 7. The van der Waals surface area contributed by atoms with E-state index in [4.69, 9.17) is 16.9 Å². The number of benzene rings is 3. The fourth-order valence-electron chi connectivity index (χ4n) is 5.10. The van der Waals surface area contributed by atoms with Gasteiger partial charge in [-0.3, -0.25) is 25.8 Å². The summed E-state index contributed by atoms with van der Waals surface area (Å²) in [6.45, 7) is 0.0853. The van der Waals surface area contributed by atoms with Crippen LogP contribution in [0, 0.1) is 5.41 Å². The molecule has 1 atom stereocenters. The van der Waals surface area contributed by atoms with Gasteiger partial charge in [0.15, 0.2) is 5.96 Å². The summed E-state index contributed by atoms with van der Waals surface area (Å²) >= 11 is 0. The number of nitrogens with two attached hydrogens (primary N) is 2. The predicted molar refractivity (Wildman–Crippen MR) is 154 cm³/mol. The number of pyridine rings is 1. The molecular formula is C30H27N5O5S. The van der Waals surface area contributed by atoms with E-state index in [1.54, 1.807) is 36.4 Å². The molecule has 10 nitrogen and oxygen atoms in total. The lowest BCUT2D eigenvalue weighted by Crippen LogP contribution is -2.56. The van der Waals surface area contributed by atoms with Gasteiger partial charge >= 0.3 is 5.97 Å². The SMILES string of the molecule is N=C(N)N(Cc1ccccc1)C(=O)c1cccc2c1CCC(C(N)(C(=O)O)S(=O)(=O)c1cccc3cccnc13)=C2. The van der Waals surface area contributed by atoms with Crippen molar-refractivity contribution in [3.8, 4) is 0 Å². The highest BCUT2D eigenvalue weighted by Crippen LogP contribution is 2.38. The molecule has 3 aromatic carbocycles. The number of fused-ring (bicyclic) bond motifs is 2. The minimum atomic E-state index is -4.69. The van der Waals surface area contributed by atoms with Crippen molar-refractivity contribution < 1.29 is 23.1 Å². The highest BCUT2D eigenvalue weighted by molar-refractivity contribution is 7.94. The fraction of sp³-hybridized carbons (Fsp3) is 0.133. The second kappa shape index (κ2) is 10.6. The molecule has 0 saturated carbocycles. The van der Waals surface area contributed by atoms with E-state index in [0.717, 1.165) is 10.5 Å². The molecule has 0 radical (unpaired) electrons. The molecule has 5 rings (SSSR count). The molecule has 0 bridgehead atoms. The number of guanidine groups is 1. The highest BCUT2D eigenvalue weighted by Gasteiger charge is 2.52. The summed E-state index contributed by atoms with van der Waals surface area (Å²) in [4.78, 5) is 28.5. The van der Waals surface area contributed by atoms with Gasteiger partial charge in [0.1, 0.15) is 0 Å². The van der Waals surface area contributed by atoms with Gasteiger partial charge in [0, 0.05) is 17.1 Å². The summed E-state index contributed by atoms with van der Waals surface area (Å²) in [5.74, 6) is -2.65. The first-order valence-electron chi connectivity index (χ1n) is 12.7. The number of amides is 1. The van der Waals surface area contributed by atoms with Crippen LogP contribution in [0.2, 0.25) is 0 Å². The van der Waals surface area contributed by atoms with Gasteiger partial charge in [-0.25, -0.2) is 13.2 Å². The van der Waals surface area contributed by atoms with E-state index >= 15 is 0 Å². The number of carbonyl (C=O) groups excluding carboxylic acids is 1. The van der Waals surface area contributed by atoms with Crippen molar-refractivity contribution >= 4 is 44.7 Å². The Morgan fingerprint density at radius 1 is 0.976 bits per heavy atom. The lowest BCUT2D eigenvalue weighted by molar-refractivity contribution is -0.138. The number of carboxylic acid groups (broad SMARTS) is 1. The molecule has 0 aliphatic heterocycles. The molecule has 1 aromatic heterocycles. The van der Waals surface area contributed by atoms with Crippen LogP contribution in [0.15, 0.2) is 95.5 Å². The number of nitrogens with one attached hydrogen (secondary N) is 1. The van der Waals surface area contributed by atoms with E-state index in [1.165, 1.54) is 24.4 Å². The van der Waals surface area contributed by atoms with Crippen LogP contribution in [-0.4, -0.2) is 46.1 Å². The number of carboxylic acids is 1. The summed E-state index contributed by atoms with van der Waals surface area (Å²) in [7, 11) is -4.69. The Bertz CT molecular complexity index is 1830. The van der Waals surface area contributed by atoms with Crippen molar-refractivity contribution in [1.29, 1.82) is 5.41 Å². The molecule has 1 unspecified atom stereocenters. The van der Waals surface area contributed by atoms with Crippen molar-refractivity contribution in [3.63, 3.8) is 0 Å². The smallest absolute Gasteiger partial charge is 0.344 e. The Hall–Kier alpha value is -4.87. The molecule has 1 amide bonds. The first-order valence-corrected chi connectivity index (χ1v) is 14.2. The largest absolute Gasteiger partial charge is 0.479 e. The van der Waals surface area contributed by atoms with E-state index < -0.39 is 32.5 Å². The van der Waals surface area contributed by atoms with E-state index in [9.17, 15) is 23.1 Å². The maximum atomic E-state index is 13.9. The van der Waals surface area contributed by atoms with Crippen LogP contribution in [0.5, 0.6) is 0 Å². The Balaban J connectivity index is 1.57. The number of aliphatic carboxylic acids is 1. The Morgan fingerprint density at radius 3 is 2.39 bits per heavy atom. The van der Waals surface area contributed by atoms with E-state index in [0.29, 0.717) is 16.5 Å². The van der Waals surface area contributed by atoms with Crippen LogP contribution in [0.4, 0.5) is 0 Å². The van der Waals surface area contributed by atoms with Gasteiger partial charge in [-0.15, -0.1) is 0 Å². The van der Waals surface area contributed by atoms with Gasteiger partial charge in [-0.2, -0.15) is 0 Å². The molecule has 11 heteroatoms. The number of sulfone groups is 1. The molecule has 41 heavy (non-hydrogen) atoms. The number of carbonyl (C=O) groups is 2. The maximum Gasteiger partial charge on any atom is 0.344 e. The van der Waals surface area contributed by atoms with E-state index in [1.807, 2.05) is 30.3 Å². The van der Waals surface area contributed by atoms with Crippen LogP contribution in [0.3, 0.4) is 0 Å². The number of hydrogen-bond acceptors (Lipinski definition) is 7. The van der Waals surface area contributed by atoms with Crippen LogP contribution in [0.25, 0.3) is 17.0 Å². The van der Waals surface area contributed by atoms with Crippen molar-refractivity contribution in [2.45, 2.75) is 29.2 Å². The standard InChI is InChI=1S/C30H27N5O5S/c31-29(32)35(18-19-7-2-1-3-8-19)27(36)24-12-4-10-21-17-22(14-15-23(21)24)30(33,28(37)38)41(39,40)25-13-5-9-20-11-6-16-34-26(20)25/h1-13,16-17H,14-15,18,33H2,(H3,31,32)(H,37,38). The molecule has 1 heterocycles. The third kappa shape index (κ3) is 4.75. The van der Waals surface area contributed by atoms with Gasteiger partial charge in [0.05, 0.1) is 17.0 Å². The zero-order valence-corrected chi connectivity index (χ0v) is 22.6. The second-order valence-corrected chi connectivity index (χ2v) is 11.8. The number of para-hydroxylation sites is 1. The lowest BCUT2D eigenvalue weighted by Gasteiger charge is -2.31. The first-order chi connectivity index (χ1) is 19.6. The number of hydrogen-bond donors (Lipinski definition) is 4. The number of aromatic nitrogens is 1. The highest BCUT2D eigenvalue weighted by atomic mass is 32.2. The van der Waals surface area contributed by atoms with Crippen LogP contribution >= 0.6 is 0 Å². The first kappa shape index (κ1) is 27.7. The second-order valence-electron chi connectivity index (χ2n) is 9.68. The molecule has 1 aliphatic carbocycles. The van der Waals surface area contributed by atoms with Crippen LogP contribution in [-0.2, 0) is 27.6 Å². The van der Waals surface area contributed by atoms with Crippen molar-refractivity contribution in [3.05, 3.63) is 113 Å². The molecule has 208 valence electrons. The average molecular weight is 570 g/mol. The zero-order valence-electron chi connectivity index (χ0n) is 21.8. The van der Waals surface area contributed by atoms with Gasteiger partial charge in [0.25, 0.3) is 5.91 Å². The quantitative estimate of drug-likeness (QED) is 0.193. The number of nitrogens with zero attached hydrogens (tertiary/aromatic N) is 2. The Kier molecular flexibility index (Phi) is 7.16. The molecule has 4 aromatic rings. The molecule has 1 aliphatic rings. The third-order valence-electron chi connectivity index (χ3n) is 7.24. The van der Waals surface area contributed by atoms with Gasteiger partial charge in [-0.1, -0.05) is 66.7 Å². The minimum absolute atomic E-state index is 0.0252. The van der Waals surface area contributed by atoms with Gasteiger partial charge in [0.2, 0.25) is 14.7 Å². The molecular weight excluding hydrogens is 542 g/mol. The average Bonchev–Trinajstić information content (AvgIpc) is 2.98. The summed E-state index contributed by atoms with van der Waals surface area (Å²) in [5.41, 5.74) is 14.3. The van der Waals surface area contributed by atoms with Gasteiger partial charge in [-0.05, 0) is 53.3 Å². The molecule has 6 N–H and O–H groups in total. The lowest BCUT2D eigenvalue weighted by atomic mass is 9.85. The predicted octanol–water partition coefficient (Wildman–Crippen LogP) is 3.31. The third-order valence-corrected chi connectivity index (χ3v) is 9.43. The van der Waals surface area contributed by atoms with Crippen LogP contribution in [0.1, 0.15) is 33.5 Å². The topological polar surface area (TPSA) is 181 Å². The summed E-state index contributed by atoms with van der Waals surface area (Å²) in [6, 6.07) is 21.8. The molecule has 0 saturated heterocycles. The van der Waals surface area contributed by atoms with Crippen molar-refractivity contribution in [2.24, 2.45) is 11.5 Å². The zero-order chi connectivity index (χ0) is 29.4. The van der Waals surface area contributed by atoms with Crippen molar-refractivity contribution in [1.82, 2.24) is 9.88 Å². The van der Waals surface area contributed by atoms with Crippen LogP contribution < -0.4 is 11.5 Å².